The number of nitrogens with one attached hydrogen (secondary N) is 2. The Balaban J connectivity index is 1.73. The monoisotopic (exact) mass is 357 g/mol. The van der Waals surface area contributed by atoms with Crippen LogP contribution in [-0.4, -0.2) is 45.6 Å². The van der Waals surface area contributed by atoms with Crippen molar-refractivity contribution in [3.63, 3.8) is 0 Å². The number of amides is 1. The molecule has 1 aliphatic heterocycles. The second kappa shape index (κ2) is 7.86. The Labute approximate surface area is 154 Å². The van der Waals surface area contributed by atoms with Gasteiger partial charge < -0.3 is 15.4 Å². The normalized spacial score (nSPS) is 20.2. The quantitative estimate of drug-likeness (QED) is 0.858. The van der Waals surface area contributed by atoms with Crippen LogP contribution in [0.4, 0.5) is 0 Å². The molecule has 140 valence electrons. The molecule has 2 heterocycles. The lowest BCUT2D eigenvalue weighted by atomic mass is 10.00. The highest BCUT2D eigenvalue weighted by Crippen LogP contribution is 2.18. The Hall–Kier alpha value is -2.41. The highest BCUT2D eigenvalue weighted by molar-refractivity contribution is 5.93. The smallest absolute Gasteiger partial charge is 0.274 e. The van der Waals surface area contributed by atoms with E-state index in [1.54, 1.807) is 4.68 Å². The van der Waals surface area contributed by atoms with E-state index in [4.69, 9.17) is 4.74 Å². The van der Waals surface area contributed by atoms with Crippen molar-refractivity contribution >= 4 is 5.91 Å². The summed E-state index contributed by atoms with van der Waals surface area (Å²) in [6.45, 7) is 8.93. The third-order valence-electron chi connectivity index (χ3n) is 4.64. The van der Waals surface area contributed by atoms with Gasteiger partial charge in [-0.2, -0.15) is 0 Å². The summed E-state index contributed by atoms with van der Waals surface area (Å²) in [7, 11) is 0. The first kappa shape index (κ1) is 18.4. The number of rotatable bonds is 5. The highest BCUT2D eigenvalue weighted by atomic mass is 16.5. The molecule has 7 nitrogen and oxygen atoms in total. The summed E-state index contributed by atoms with van der Waals surface area (Å²) >= 11 is 0. The third kappa shape index (κ3) is 4.04. The number of piperidine rings is 1. The van der Waals surface area contributed by atoms with Crippen molar-refractivity contribution in [2.24, 2.45) is 0 Å². The lowest BCUT2D eigenvalue weighted by molar-refractivity contribution is 0.0914. The van der Waals surface area contributed by atoms with E-state index >= 15 is 0 Å². The predicted molar refractivity (Wildman–Crippen MR) is 99.8 cm³/mol. The van der Waals surface area contributed by atoms with Crippen molar-refractivity contribution < 1.29 is 9.53 Å². The molecule has 1 aromatic heterocycles. The van der Waals surface area contributed by atoms with E-state index in [9.17, 15) is 4.79 Å². The highest BCUT2D eigenvalue weighted by Gasteiger charge is 2.25. The van der Waals surface area contributed by atoms with Crippen LogP contribution in [0, 0.1) is 6.92 Å². The average Bonchev–Trinajstić information content (AvgIpc) is 2.99. The molecule has 1 saturated heterocycles. The SMILES string of the molecule is Cc1c(C(=O)NC2CCCNC2C)nnn1-c1ccc(OC(C)C)cc1. The number of aromatic nitrogens is 3. The van der Waals surface area contributed by atoms with Gasteiger partial charge in [-0.25, -0.2) is 4.68 Å². The van der Waals surface area contributed by atoms with Crippen molar-refractivity contribution in [2.45, 2.75) is 58.7 Å². The summed E-state index contributed by atoms with van der Waals surface area (Å²) < 4.78 is 7.34. The molecule has 0 aliphatic carbocycles. The number of hydrogen-bond acceptors (Lipinski definition) is 5. The minimum absolute atomic E-state index is 0.119. The number of hydrogen-bond donors (Lipinski definition) is 2. The van der Waals surface area contributed by atoms with Crippen molar-refractivity contribution in [1.82, 2.24) is 25.6 Å². The Kier molecular flexibility index (Phi) is 5.56. The van der Waals surface area contributed by atoms with Gasteiger partial charge in [0.15, 0.2) is 5.69 Å². The maximum atomic E-state index is 12.6. The summed E-state index contributed by atoms with van der Waals surface area (Å²) in [5, 5.41) is 14.7. The molecule has 0 spiro atoms. The van der Waals surface area contributed by atoms with Gasteiger partial charge in [-0.3, -0.25) is 4.79 Å². The second-order valence-electron chi connectivity index (χ2n) is 7.06. The van der Waals surface area contributed by atoms with E-state index in [2.05, 4.69) is 27.9 Å². The number of carbonyl (C=O) groups is 1. The zero-order chi connectivity index (χ0) is 18.7. The summed E-state index contributed by atoms with van der Waals surface area (Å²) in [4.78, 5) is 12.6. The van der Waals surface area contributed by atoms with Gasteiger partial charge in [0, 0.05) is 12.1 Å². The molecule has 1 aliphatic rings. The lowest BCUT2D eigenvalue weighted by Gasteiger charge is -2.30. The molecule has 2 N–H and O–H groups in total. The van der Waals surface area contributed by atoms with Gasteiger partial charge in [0.25, 0.3) is 5.91 Å². The first-order chi connectivity index (χ1) is 12.5. The van der Waals surface area contributed by atoms with Crippen LogP contribution >= 0.6 is 0 Å². The van der Waals surface area contributed by atoms with Gasteiger partial charge in [-0.15, -0.1) is 5.10 Å². The van der Waals surface area contributed by atoms with E-state index in [0.29, 0.717) is 5.69 Å². The van der Waals surface area contributed by atoms with Gasteiger partial charge in [-0.05, 0) is 71.3 Å². The fraction of sp³-hybridized carbons (Fsp3) is 0.526. The summed E-state index contributed by atoms with van der Waals surface area (Å²) in [6, 6.07) is 7.99. The molecule has 0 saturated carbocycles. The van der Waals surface area contributed by atoms with E-state index < -0.39 is 0 Å². The van der Waals surface area contributed by atoms with Crippen LogP contribution in [0.2, 0.25) is 0 Å². The summed E-state index contributed by atoms with van der Waals surface area (Å²) in [5.74, 6) is 0.632. The topological polar surface area (TPSA) is 81.1 Å². The van der Waals surface area contributed by atoms with Crippen molar-refractivity contribution in [3.8, 4) is 11.4 Å². The Morgan fingerprint density at radius 1 is 1.35 bits per heavy atom. The van der Waals surface area contributed by atoms with Crippen molar-refractivity contribution in [3.05, 3.63) is 35.7 Å². The number of ether oxygens (including phenoxy) is 1. The van der Waals surface area contributed by atoms with Crippen LogP contribution < -0.4 is 15.4 Å². The van der Waals surface area contributed by atoms with Crippen LogP contribution in [0.3, 0.4) is 0 Å². The molecule has 26 heavy (non-hydrogen) atoms. The maximum Gasteiger partial charge on any atom is 0.274 e. The standard InChI is InChI=1S/C19H27N5O2/c1-12(2)26-16-9-7-15(8-10-16)24-14(4)18(22-23-24)19(25)21-17-6-5-11-20-13(17)3/h7-10,12-13,17,20H,5-6,11H2,1-4H3,(H,21,25). The van der Waals surface area contributed by atoms with Gasteiger partial charge in [0.1, 0.15) is 5.75 Å². The fourth-order valence-electron chi connectivity index (χ4n) is 3.20. The minimum atomic E-state index is -0.172. The summed E-state index contributed by atoms with van der Waals surface area (Å²) in [6.07, 6.45) is 2.16. The molecule has 2 atom stereocenters. The van der Waals surface area contributed by atoms with Gasteiger partial charge in [0.2, 0.25) is 0 Å². The molecule has 2 aromatic rings. The fourth-order valence-corrected chi connectivity index (χ4v) is 3.20. The summed E-state index contributed by atoms with van der Waals surface area (Å²) in [5.41, 5.74) is 1.93. The molecule has 3 rings (SSSR count). The maximum absolute atomic E-state index is 12.6. The van der Waals surface area contributed by atoms with Crippen molar-refractivity contribution in [1.29, 1.82) is 0 Å². The molecule has 0 radical (unpaired) electrons. The van der Waals surface area contributed by atoms with Crippen LogP contribution in [0.25, 0.3) is 5.69 Å². The second-order valence-corrected chi connectivity index (χ2v) is 7.06. The molecular weight excluding hydrogens is 330 g/mol. The third-order valence-corrected chi connectivity index (χ3v) is 4.64. The van der Waals surface area contributed by atoms with Crippen LogP contribution in [0.15, 0.2) is 24.3 Å². The number of benzene rings is 1. The molecule has 2 unspecified atom stereocenters. The Morgan fingerprint density at radius 2 is 2.08 bits per heavy atom. The van der Waals surface area contributed by atoms with Crippen molar-refractivity contribution in [2.75, 3.05) is 6.54 Å². The zero-order valence-corrected chi connectivity index (χ0v) is 15.8. The average molecular weight is 357 g/mol. The van der Waals surface area contributed by atoms with Crippen LogP contribution in [0.1, 0.15) is 49.8 Å². The van der Waals surface area contributed by atoms with E-state index in [0.717, 1.165) is 36.5 Å². The van der Waals surface area contributed by atoms with Gasteiger partial charge >= 0.3 is 0 Å². The Bertz CT molecular complexity index is 754. The largest absolute Gasteiger partial charge is 0.491 e. The zero-order valence-electron chi connectivity index (χ0n) is 15.8. The van der Waals surface area contributed by atoms with E-state index in [1.807, 2.05) is 45.0 Å². The van der Waals surface area contributed by atoms with Gasteiger partial charge in [-0.1, -0.05) is 5.21 Å². The van der Waals surface area contributed by atoms with Crippen LogP contribution in [-0.2, 0) is 0 Å². The van der Waals surface area contributed by atoms with Crippen LogP contribution in [0.5, 0.6) is 5.75 Å². The minimum Gasteiger partial charge on any atom is -0.491 e. The lowest BCUT2D eigenvalue weighted by Crippen LogP contribution is -2.52. The number of carbonyl (C=O) groups excluding carboxylic acids is 1. The van der Waals surface area contributed by atoms with E-state index in [-0.39, 0.29) is 24.1 Å². The predicted octanol–water partition coefficient (Wildman–Crippen LogP) is 2.23. The molecule has 0 bridgehead atoms. The molecule has 1 aromatic carbocycles. The van der Waals surface area contributed by atoms with Gasteiger partial charge in [0.05, 0.1) is 17.5 Å². The first-order valence-corrected chi connectivity index (χ1v) is 9.19. The molecular formula is C19H27N5O2. The molecule has 1 fully saturated rings. The first-order valence-electron chi connectivity index (χ1n) is 9.19. The Morgan fingerprint density at radius 3 is 2.73 bits per heavy atom. The van der Waals surface area contributed by atoms with E-state index in [1.165, 1.54) is 0 Å². The number of nitrogens with zero attached hydrogens (tertiary/aromatic N) is 3. The molecule has 7 heteroatoms. The molecule has 1 amide bonds.